The van der Waals surface area contributed by atoms with Crippen LogP contribution in [0.3, 0.4) is 0 Å². The van der Waals surface area contributed by atoms with Crippen molar-refractivity contribution in [1.29, 1.82) is 0 Å². The summed E-state index contributed by atoms with van der Waals surface area (Å²) < 4.78 is 41.8. The Morgan fingerprint density at radius 3 is 2.88 bits per heavy atom. The van der Waals surface area contributed by atoms with Crippen LogP contribution in [0.2, 0.25) is 0 Å². The first-order valence-electron chi connectivity index (χ1n) is 7.75. The highest BCUT2D eigenvalue weighted by molar-refractivity contribution is 7.89. The molecule has 0 atom stereocenters. The van der Waals surface area contributed by atoms with Gasteiger partial charge in [0.1, 0.15) is 11.6 Å². The summed E-state index contributed by atoms with van der Waals surface area (Å²) in [6.07, 6.45) is 3.43. The highest BCUT2D eigenvalue weighted by atomic mass is 32.2. The molecule has 25 heavy (non-hydrogen) atoms. The molecule has 130 valence electrons. The van der Waals surface area contributed by atoms with Crippen molar-refractivity contribution >= 4 is 10.0 Å². The van der Waals surface area contributed by atoms with Crippen LogP contribution in [0.4, 0.5) is 4.39 Å². The molecule has 0 bridgehead atoms. The van der Waals surface area contributed by atoms with Gasteiger partial charge in [-0.1, -0.05) is 12.1 Å². The van der Waals surface area contributed by atoms with Crippen LogP contribution in [-0.2, 0) is 30.0 Å². The maximum absolute atomic E-state index is 13.4. The lowest BCUT2D eigenvalue weighted by Crippen LogP contribution is -2.36. The molecule has 2 aromatic heterocycles. The number of hydrogen-bond donors (Lipinski definition) is 1. The Bertz CT molecular complexity index is 1040. The van der Waals surface area contributed by atoms with Gasteiger partial charge in [0.25, 0.3) is 10.0 Å². The second-order valence-electron chi connectivity index (χ2n) is 5.99. The number of imidazole rings is 2. The summed E-state index contributed by atoms with van der Waals surface area (Å²) in [7, 11) is -1.93. The first kappa shape index (κ1) is 16.0. The number of benzene rings is 1. The molecule has 0 saturated heterocycles. The van der Waals surface area contributed by atoms with Gasteiger partial charge in [0.15, 0.2) is 5.03 Å². The summed E-state index contributed by atoms with van der Waals surface area (Å²) in [5.41, 5.74) is 2.17. The van der Waals surface area contributed by atoms with Gasteiger partial charge in [-0.3, -0.25) is 0 Å². The fourth-order valence-corrected chi connectivity index (χ4v) is 4.28. The Kier molecular flexibility index (Phi) is 3.69. The minimum absolute atomic E-state index is 0.0309. The standard InChI is InChI=1S/C16H16FN5O2S/c1-21-9-15(18-10-21)25(23,24)22-6-5-13-14(8-22)20-16(19-13)11-3-2-4-12(17)7-11/h2-4,7,9-10H,5-6,8H2,1H3,(H,19,20). The minimum Gasteiger partial charge on any atom is -0.341 e. The van der Waals surface area contributed by atoms with Crippen molar-refractivity contribution in [1.82, 2.24) is 23.8 Å². The Labute approximate surface area is 144 Å². The maximum atomic E-state index is 13.4. The predicted octanol–water partition coefficient (Wildman–Crippen LogP) is 1.70. The molecular formula is C16H16FN5O2S. The van der Waals surface area contributed by atoms with Gasteiger partial charge in [-0.25, -0.2) is 22.8 Å². The van der Waals surface area contributed by atoms with E-state index in [1.54, 1.807) is 23.7 Å². The summed E-state index contributed by atoms with van der Waals surface area (Å²) in [6.45, 7) is 0.524. The molecule has 1 aromatic carbocycles. The molecule has 1 N–H and O–H groups in total. The predicted molar refractivity (Wildman–Crippen MR) is 88.5 cm³/mol. The van der Waals surface area contributed by atoms with Gasteiger partial charge in [0, 0.05) is 31.8 Å². The number of aromatic amines is 1. The van der Waals surface area contributed by atoms with Crippen LogP contribution in [-0.4, -0.2) is 38.8 Å². The Balaban J connectivity index is 1.64. The average molecular weight is 361 g/mol. The van der Waals surface area contributed by atoms with Crippen LogP contribution in [0.1, 0.15) is 11.4 Å². The van der Waals surface area contributed by atoms with Crippen molar-refractivity contribution < 1.29 is 12.8 Å². The van der Waals surface area contributed by atoms with E-state index in [0.29, 0.717) is 24.4 Å². The number of halogens is 1. The van der Waals surface area contributed by atoms with E-state index in [4.69, 9.17) is 0 Å². The van der Waals surface area contributed by atoms with Gasteiger partial charge in [-0.05, 0) is 12.1 Å². The number of nitrogens with one attached hydrogen (secondary N) is 1. The topological polar surface area (TPSA) is 83.9 Å². The van der Waals surface area contributed by atoms with E-state index in [1.165, 1.54) is 29.0 Å². The highest BCUT2D eigenvalue weighted by Gasteiger charge is 2.31. The van der Waals surface area contributed by atoms with Crippen molar-refractivity contribution in [2.75, 3.05) is 6.54 Å². The normalized spacial score (nSPS) is 15.3. The molecule has 0 aliphatic carbocycles. The van der Waals surface area contributed by atoms with Crippen molar-refractivity contribution in [3.63, 3.8) is 0 Å². The van der Waals surface area contributed by atoms with Crippen molar-refractivity contribution in [2.24, 2.45) is 7.05 Å². The number of aromatic nitrogens is 4. The molecule has 0 amide bonds. The van der Waals surface area contributed by atoms with Gasteiger partial charge < -0.3 is 9.55 Å². The summed E-state index contributed by atoms with van der Waals surface area (Å²) in [5.74, 6) is 0.202. The van der Waals surface area contributed by atoms with Crippen molar-refractivity contribution in [3.8, 4) is 11.4 Å². The van der Waals surface area contributed by atoms with Crippen LogP contribution < -0.4 is 0 Å². The number of hydrogen-bond acceptors (Lipinski definition) is 4. The van der Waals surface area contributed by atoms with Gasteiger partial charge in [0.2, 0.25) is 0 Å². The van der Waals surface area contributed by atoms with E-state index in [-0.39, 0.29) is 17.4 Å². The zero-order valence-corrected chi connectivity index (χ0v) is 14.3. The average Bonchev–Trinajstić information content (AvgIpc) is 3.20. The highest BCUT2D eigenvalue weighted by Crippen LogP contribution is 2.26. The third kappa shape index (κ3) is 2.85. The molecule has 1 aliphatic heterocycles. The largest absolute Gasteiger partial charge is 0.341 e. The van der Waals surface area contributed by atoms with E-state index in [2.05, 4.69) is 15.0 Å². The van der Waals surface area contributed by atoms with Crippen LogP contribution in [0.15, 0.2) is 41.8 Å². The Hall–Kier alpha value is -2.52. The van der Waals surface area contributed by atoms with E-state index in [1.807, 2.05) is 0 Å². The second kappa shape index (κ2) is 5.78. The van der Waals surface area contributed by atoms with E-state index in [9.17, 15) is 12.8 Å². The number of aryl methyl sites for hydroxylation is 1. The zero-order valence-electron chi connectivity index (χ0n) is 13.5. The molecule has 0 radical (unpaired) electrons. The van der Waals surface area contributed by atoms with E-state index < -0.39 is 10.0 Å². The molecular weight excluding hydrogens is 345 g/mol. The molecule has 0 unspecified atom stereocenters. The Morgan fingerprint density at radius 2 is 2.16 bits per heavy atom. The van der Waals surface area contributed by atoms with Gasteiger partial charge in [-0.15, -0.1) is 0 Å². The second-order valence-corrected chi connectivity index (χ2v) is 7.87. The van der Waals surface area contributed by atoms with Gasteiger partial charge in [0.05, 0.1) is 24.3 Å². The number of H-pyrrole nitrogens is 1. The van der Waals surface area contributed by atoms with Crippen molar-refractivity contribution in [3.05, 3.63) is 54.0 Å². The monoisotopic (exact) mass is 361 g/mol. The number of rotatable bonds is 3. The summed E-state index contributed by atoms with van der Waals surface area (Å²) in [4.78, 5) is 11.6. The van der Waals surface area contributed by atoms with Gasteiger partial charge >= 0.3 is 0 Å². The van der Waals surface area contributed by atoms with Crippen LogP contribution in [0, 0.1) is 5.82 Å². The molecule has 1 aliphatic rings. The summed E-state index contributed by atoms with van der Waals surface area (Å²) in [5, 5.41) is 0.0309. The summed E-state index contributed by atoms with van der Waals surface area (Å²) in [6, 6.07) is 6.14. The maximum Gasteiger partial charge on any atom is 0.262 e. The third-order valence-electron chi connectivity index (χ3n) is 4.18. The molecule has 9 heteroatoms. The zero-order chi connectivity index (χ0) is 17.6. The lowest BCUT2D eigenvalue weighted by molar-refractivity contribution is 0.384. The lowest BCUT2D eigenvalue weighted by atomic mass is 10.2. The summed E-state index contributed by atoms with van der Waals surface area (Å²) >= 11 is 0. The van der Waals surface area contributed by atoms with E-state index in [0.717, 1.165) is 11.4 Å². The number of nitrogens with zero attached hydrogens (tertiary/aromatic N) is 4. The SMILES string of the molecule is Cn1cnc(S(=O)(=O)N2CCc3nc(-c4cccc(F)c4)[nH]c3C2)c1. The quantitative estimate of drug-likeness (QED) is 0.770. The molecule has 3 heterocycles. The molecule has 0 fully saturated rings. The minimum atomic E-state index is -3.65. The van der Waals surface area contributed by atoms with E-state index >= 15 is 0 Å². The number of fused-ring (bicyclic) bond motifs is 1. The molecule has 0 spiro atoms. The van der Waals surface area contributed by atoms with Gasteiger partial charge in [-0.2, -0.15) is 4.31 Å². The fourth-order valence-electron chi connectivity index (χ4n) is 2.90. The first-order valence-corrected chi connectivity index (χ1v) is 9.19. The van der Waals surface area contributed by atoms with Crippen molar-refractivity contribution in [2.45, 2.75) is 18.0 Å². The molecule has 0 saturated carbocycles. The van der Waals surface area contributed by atoms with Crippen LogP contribution in [0.5, 0.6) is 0 Å². The first-order chi connectivity index (χ1) is 11.9. The molecule has 7 nitrogen and oxygen atoms in total. The molecule has 3 aromatic rings. The van der Waals surface area contributed by atoms with Crippen LogP contribution in [0.25, 0.3) is 11.4 Å². The lowest BCUT2D eigenvalue weighted by Gasteiger charge is -2.24. The number of sulfonamides is 1. The van der Waals surface area contributed by atoms with Crippen LogP contribution >= 0.6 is 0 Å². The Morgan fingerprint density at radius 1 is 1.32 bits per heavy atom. The fraction of sp³-hybridized carbons (Fsp3) is 0.250. The smallest absolute Gasteiger partial charge is 0.262 e. The molecule has 4 rings (SSSR count). The third-order valence-corrected chi connectivity index (χ3v) is 5.91.